The van der Waals surface area contributed by atoms with Crippen LogP contribution in [-0.2, 0) is 10.0 Å². The van der Waals surface area contributed by atoms with Crippen LogP contribution >= 0.6 is 0 Å². The zero-order chi connectivity index (χ0) is 28.4. The van der Waals surface area contributed by atoms with E-state index in [-0.39, 0.29) is 40.8 Å². The summed E-state index contributed by atoms with van der Waals surface area (Å²) < 4.78 is 53.9. The lowest BCUT2D eigenvalue weighted by molar-refractivity contribution is 0.0734. The summed E-state index contributed by atoms with van der Waals surface area (Å²) in [4.78, 5) is 25.4. The summed E-state index contributed by atoms with van der Waals surface area (Å²) in [6.45, 7) is 3.56. The van der Waals surface area contributed by atoms with Gasteiger partial charge >= 0.3 is 5.97 Å². The molecule has 5 aromatic rings. The van der Waals surface area contributed by atoms with Crippen molar-refractivity contribution in [3.63, 3.8) is 0 Å². The number of carbonyl (C=O) groups excluding carboxylic acids is 1. The van der Waals surface area contributed by atoms with Crippen molar-refractivity contribution in [3.8, 4) is 22.6 Å². The third kappa shape index (κ3) is 5.04. The van der Waals surface area contributed by atoms with Gasteiger partial charge in [-0.25, -0.2) is 22.3 Å². The Kier molecular flexibility index (Phi) is 7.33. The zero-order valence-electron chi connectivity index (χ0n) is 21.6. The fourth-order valence-corrected chi connectivity index (χ4v) is 5.80. The first kappa shape index (κ1) is 27.0. The quantitative estimate of drug-likeness (QED) is 0.193. The van der Waals surface area contributed by atoms with Crippen molar-refractivity contribution in [2.24, 2.45) is 0 Å². The summed E-state index contributed by atoms with van der Waals surface area (Å²) in [6.07, 6.45) is 4.60. The van der Waals surface area contributed by atoms with E-state index in [9.17, 15) is 22.4 Å². The van der Waals surface area contributed by atoms with Crippen molar-refractivity contribution >= 4 is 27.0 Å². The number of hydrogen-bond acceptors (Lipinski definition) is 7. The summed E-state index contributed by atoms with van der Waals surface area (Å²) in [5.41, 5.74) is 1.45. The molecule has 0 aliphatic carbocycles. The van der Waals surface area contributed by atoms with E-state index in [4.69, 9.17) is 9.15 Å². The first-order chi connectivity index (χ1) is 19.2. The second-order valence-electron chi connectivity index (χ2n) is 8.77. The molecule has 0 spiro atoms. The highest BCUT2D eigenvalue weighted by atomic mass is 32.2. The lowest BCUT2D eigenvalue weighted by Gasteiger charge is -2.19. The van der Waals surface area contributed by atoms with Crippen LogP contribution < -0.4 is 10.2 Å². The summed E-state index contributed by atoms with van der Waals surface area (Å²) >= 11 is 0. The zero-order valence-corrected chi connectivity index (χ0v) is 22.4. The van der Waals surface area contributed by atoms with E-state index < -0.39 is 26.7 Å². The standard InChI is InChI=1S/C29H24FN3O6S/c1-3-32(4-2)40(36,37)27-14-19(10-13-25(27)30)29(35)39-22-11-12-23-26(15-22)38-18-24(28(23)34)20-16-31-33(17-20)21-8-6-5-7-9-21/h5-18H,3-4H2,1-2H3. The van der Waals surface area contributed by atoms with Crippen LogP contribution in [0.2, 0.25) is 0 Å². The maximum Gasteiger partial charge on any atom is 0.343 e. The Morgan fingerprint density at radius 2 is 1.80 bits per heavy atom. The maximum absolute atomic E-state index is 14.4. The van der Waals surface area contributed by atoms with Crippen LogP contribution in [0.25, 0.3) is 27.8 Å². The fourth-order valence-electron chi connectivity index (χ4n) is 4.25. The third-order valence-corrected chi connectivity index (χ3v) is 8.43. The Morgan fingerprint density at radius 1 is 1.05 bits per heavy atom. The number of ether oxygens (including phenoxy) is 1. The number of rotatable bonds is 8. The summed E-state index contributed by atoms with van der Waals surface area (Å²) in [5, 5.41) is 4.58. The highest BCUT2D eigenvalue weighted by molar-refractivity contribution is 7.89. The molecule has 0 aliphatic rings. The number of aromatic nitrogens is 2. The lowest BCUT2D eigenvalue weighted by atomic mass is 10.1. The lowest BCUT2D eigenvalue weighted by Crippen LogP contribution is -2.31. The second-order valence-corrected chi connectivity index (χ2v) is 10.7. The molecule has 2 heterocycles. The van der Waals surface area contributed by atoms with Gasteiger partial charge < -0.3 is 9.15 Å². The number of nitrogens with zero attached hydrogens (tertiary/aromatic N) is 3. The topological polar surface area (TPSA) is 112 Å². The van der Waals surface area contributed by atoms with Crippen molar-refractivity contribution in [1.29, 1.82) is 0 Å². The van der Waals surface area contributed by atoms with Gasteiger partial charge in [0.25, 0.3) is 0 Å². The van der Waals surface area contributed by atoms with Crippen LogP contribution in [-0.4, -0.2) is 41.6 Å². The van der Waals surface area contributed by atoms with Crippen LogP contribution in [0.1, 0.15) is 24.2 Å². The van der Waals surface area contributed by atoms with Gasteiger partial charge in [-0.3, -0.25) is 4.79 Å². The van der Waals surface area contributed by atoms with Crippen molar-refractivity contribution in [2.45, 2.75) is 18.7 Å². The number of sulfonamides is 1. The van der Waals surface area contributed by atoms with Gasteiger partial charge in [0, 0.05) is 30.9 Å². The molecule has 3 aromatic carbocycles. The van der Waals surface area contributed by atoms with Crippen LogP contribution in [0.3, 0.4) is 0 Å². The highest BCUT2D eigenvalue weighted by Crippen LogP contribution is 2.25. The van der Waals surface area contributed by atoms with Gasteiger partial charge in [-0.15, -0.1) is 0 Å². The molecule has 0 unspecified atom stereocenters. The highest BCUT2D eigenvalue weighted by Gasteiger charge is 2.27. The molecule has 0 bridgehead atoms. The molecule has 0 fully saturated rings. The predicted octanol–water partition coefficient (Wildman–Crippen LogP) is 5.03. The molecule has 0 saturated heterocycles. The van der Waals surface area contributed by atoms with Crippen molar-refractivity contribution in [3.05, 3.63) is 107 Å². The monoisotopic (exact) mass is 561 g/mol. The molecular weight excluding hydrogens is 537 g/mol. The molecule has 40 heavy (non-hydrogen) atoms. The number of para-hydroxylation sites is 1. The predicted molar refractivity (Wildman–Crippen MR) is 147 cm³/mol. The molecule has 0 atom stereocenters. The Labute approximate surface area is 229 Å². The van der Waals surface area contributed by atoms with Gasteiger partial charge in [0.2, 0.25) is 15.5 Å². The van der Waals surface area contributed by atoms with Gasteiger partial charge in [0.05, 0.1) is 28.4 Å². The summed E-state index contributed by atoms with van der Waals surface area (Å²) in [6, 6.07) is 16.7. The Hall–Kier alpha value is -4.61. The van der Waals surface area contributed by atoms with Crippen molar-refractivity contribution < 1.29 is 26.8 Å². The van der Waals surface area contributed by atoms with E-state index in [2.05, 4.69) is 5.10 Å². The maximum atomic E-state index is 14.4. The molecule has 2 aromatic heterocycles. The molecule has 0 aliphatic heterocycles. The molecule has 5 rings (SSSR count). The van der Waals surface area contributed by atoms with Gasteiger partial charge in [-0.1, -0.05) is 32.0 Å². The molecular formula is C29H24FN3O6S. The number of benzene rings is 3. The minimum absolute atomic E-state index is 0.0581. The van der Waals surface area contributed by atoms with E-state index >= 15 is 0 Å². The SMILES string of the molecule is CCN(CC)S(=O)(=O)c1cc(C(=O)Oc2ccc3c(=O)c(-c4cnn(-c5ccccc5)c4)coc3c2)ccc1F. The van der Waals surface area contributed by atoms with E-state index in [1.807, 2.05) is 30.3 Å². The van der Waals surface area contributed by atoms with Crippen LogP contribution in [0.15, 0.2) is 99.5 Å². The van der Waals surface area contributed by atoms with Gasteiger partial charge in [-0.05, 0) is 42.5 Å². The number of hydrogen-bond donors (Lipinski definition) is 0. The normalized spacial score (nSPS) is 11.7. The average Bonchev–Trinajstić information content (AvgIpc) is 3.44. The number of esters is 1. The Balaban J connectivity index is 1.41. The minimum Gasteiger partial charge on any atom is -0.463 e. The van der Waals surface area contributed by atoms with E-state index in [0.717, 1.165) is 28.2 Å². The van der Waals surface area contributed by atoms with Crippen LogP contribution in [0.4, 0.5) is 4.39 Å². The minimum atomic E-state index is -4.14. The molecule has 11 heteroatoms. The third-order valence-electron chi connectivity index (χ3n) is 6.36. The molecule has 0 amide bonds. The molecule has 9 nitrogen and oxygen atoms in total. The number of halogens is 1. The van der Waals surface area contributed by atoms with E-state index in [0.29, 0.717) is 11.1 Å². The average molecular weight is 562 g/mol. The smallest absolute Gasteiger partial charge is 0.343 e. The number of carbonyl (C=O) groups is 1. The Morgan fingerprint density at radius 3 is 2.52 bits per heavy atom. The number of fused-ring (bicyclic) bond motifs is 1. The van der Waals surface area contributed by atoms with E-state index in [1.54, 1.807) is 30.9 Å². The van der Waals surface area contributed by atoms with Crippen LogP contribution in [0, 0.1) is 5.82 Å². The molecule has 204 valence electrons. The van der Waals surface area contributed by atoms with Crippen molar-refractivity contribution in [1.82, 2.24) is 14.1 Å². The molecule has 0 saturated carbocycles. The summed E-state index contributed by atoms with van der Waals surface area (Å²) in [7, 11) is -4.14. The second kappa shape index (κ2) is 10.9. The molecule has 0 N–H and O–H groups in total. The van der Waals surface area contributed by atoms with E-state index in [1.165, 1.54) is 24.5 Å². The van der Waals surface area contributed by atoms with Crippen LogP contribution in [0.5, 0.6) is 5.75 Å². The largest absolute Gasteiger partial charge is 0.463 e. The van der Waals surface area contributed by atoms with Gasteiger partial charge in [-0.2, -0.15) is 9.40 Å². The Bertz CT molecular complexity index is 1880. The first-order valence-electron chi connectivity index (χ1n) is 12.4. The van der Waals surface area contributed by atoms with Crippen molar-refractivity contribution in [2.75, 3.05) is 13.1 Å². The summed E-state index contributed by atoms with van der Waals surface area (Å²) in [5.74, 6) is -1.81. The fraction of sp³-hybridized carbons (Fsp3) is 0.138. The van der Waals surface area contributed by atoms with Gasteiger partial charge in [0.1, 0.15) is 28.3 Å². The molecule has 0 radical (unpaired) electrons. The van der Waals surface area contributed by atoms with Gasteiger partial charge in [0.15, 0.2) is 0 Å². The first-order valence-corrected chi connectivity index (χ1v) is 13.8.